The number of aliphatic hydroxyl groups is 1. The van der Waals surface area contributed by atoms with Crippen LogP contribution in [0.1, 0.15) is 12.5 Å². The third kappa shape index (κ3) is 3.56. The van der Waals surface area contributed by atoms with E-state index in [9.17, 15) is 5.11 Å². The fourth-order valence-corrected chi connectivity index (χ4v) is 2.32. The van der Waals surface area contributed by atoms with Crippen LogP contribution in [-0.2, 0) is 17.8 Å². The van der Waals surface area contributed by atoms with E-state index < -0.39 is 0 Å². The summed E-state index contributed by atoms with van der Waals surface area (Å²) in [5, 5.41) is 14.1. The van der Waals surface area contributed by atoms with Crippen LogP contribution in [0.25, 0.3) is 10.9 Å². The molecule has 1 unspecified atom stereocenters. The number of rotatable bonds is 7. The third-order valence-electron chi connectivity index (χ3n) is 3.13. The Labute approximate surface area is 114 Å². The average molecular weight is 262 g/mol. The smallest absolute Gasteiger partial charge is 0.0691 e. The number of ether oxygens (including phenoxy) is 1. The summed E-state index contributed by atoms with van der Waals surface area (Å²) in [7, 11) is 1.70. The largest absolute Gasteiger partial charge is 0.392 e. The van der Waals surface area contributed by atoms with Gasteiger partial charge in [-0.3, -0.25) is 0 Å². The zero-order valence-corrected chi connectivity index (χ0v) is 11.6. The molecule has 2 rings (SSSR count). The zero-order valence-electron chi connectivity index (χ0n) is 11.6. The molecule has 1 atom stereocenters. The molecule has 104 valence electrons. The Balaban J connectivity index is 2.19. The molecule has 1 heterocycles. The van der Waals surface area contributed by atoms with Crippen LogP contribution >= 0.6 is 0 Å². The Hall–Kier alpha value is -1.36. The van der Waals surface area contributed by atoms with E-state index in [-0.39, 0.29) is 6.10 Å². The van der Waals surface area contributed by atoms with Gasteiger partial charge < -0.3 is 19.7 Å². The first-order valence-electron chi connectivity index (χ1n) is 6.67. The first-order chi connectivity index (χ1) is 9.22. The maximum Gasteiger partial charge on any atom is 0.0691 e. The van der Waals surface area contributed by atoms with E-state index in [1.54, 1.807) is 7.11 Å². The lowest BCUT2D eigenvalue weighted by Crippen LogP contribution is -2.19. The molecule has 0 aliphatic heterocycles. The molecular formula is C15H22N2O2. The summed E-state index contributed by atoms with van der Waals surface area (Å²) >= 11 is 0. The van der Waals surface area contributed by atoms with Crippen molar-refractivity contribution in [2.75, 3.05) is 20.3 Å². The summed E-state index contributed by atoms with van der Waals surface area (Å²) in [6.07, 6.45) is 1.70. The van der Waals surface area contributed by atoms with Crippen molar-refractivity contribution in [3.63, 3.8) is 0 Å². The summed E-state index contributed by atoms with van der Waals surface area (Å²) in [5.41, 5.74) is 2.45. The maximum absolute atomic E-state index is 9.57. The molecule has 0 saturated heterocycles. The number of fused-ring (bicyclic) bond motifs is 1. The molecule has 0 spiro atoms. The molecule has 4 nitrogen and oxygen atoms in total. The Morgan fingerprint density at radius 1 is 1.37 bits per heavy atom. The highest BCUT2D eigenvalue weighted by molar-refractivity contribution is 5.83. The van der Waals surface area contributed by atoms with E-state index in [0.29, 0.717) is 13.2 Å². The zero-order chi connectivity index (χ0) is 13.7. The summed E-state index contributed by atoms with van der Waals surface area (Å²) in [6.45, 7) is 4.79. The van der Waals surface area contributed by atoms with Gasteiger partial charge >= 0.3 is 0 Å². The van der Waals surface area contributed by atoms with Crippen LogP contribution in [0.4, 0.5) is 0 Å². The van der Waals surface area contributed by atoms with Gasteiger partial charge in [-0.1, -0.05) is 18.2 Å². The van der Waals surface area contributed by atoms with E-state index in [2.05, 4.69) is 34.1 Å². The van der Waals surface area contributed by atoms with Crippen LogP contribution in [0, 0.1) is 0 Å². The number of methoxy groups -OCH3 is 1. The van der Waals surface area contributed by atoms with Crippen molar-refractivity contribution < 1.29 is 9.84 Å². The van der Waals surface area contributed by atoms with Gasteiger partial charge in [0.25, 0.3) is 0 Å². The molecule has 0 radical (unpaired) electrons. The molecule has 0 aliphatic carbocycles. The molecule has 4 heteroatoms. The van der Waals surface area contributed by atoms with Gasteiger partial charge in [-0.25, -0.2) is 0 Å². The Morgan fingerprint density at radius 3 is 2.95 bits per heavy atom. The molecule has 0 aliphatic rings. The maximum atomic E-state index is 9.57. The van der Waals surface area contributed by atoms with Gasteiger partial charge in [-0.05, 0) is 23.9 Å². The van der Waals surface area contributed by atoms with Gasteiger partial charge in [-0.15, -0.1) is 0 Å². The Bertz CT molecular complexity index is 520. The number of hydrogen-bond donors (Lipinski definition) is 2. The lowest BCUT2D eigenvalue weighted by atomic mass is 10.1. The van der Waals surface area contributed by atoms with Crippen molar-refractivity contribution in [3.8, 4) is 0 Å². The monoisotopic (exact) mass is 262 g/mol. The molecule has 0 bridgehead atoms. The second kappa shape index (κ2) is 6.70. The summed E-state index contributed by atoms with van der Waals surface area (Å²) in [6, 6.07) is 8.39. The van der Waals surface area contributed by atoms with Crippen molar-refractivity contribution in [3.05, 3.63) is 36.0 Å². The first-order valence-corrected chi connectivity index (χ1v) is 6.67. The van der Waals surface area contributed by atoms with E-state index >= 15 is 0 Å². The number of para-hydroxylation sites is 1. The van der Waals surface area contributed by atoms with Gasteiger partial charge in [0.1, 0.15) is 0 Å². The molecule has 1 aromatic heterocycles. The second-order valence-electron chi connectivity index (χ2n) is 4.84. The summed E-state index contributed by atoms with van der Waals surface area (Å²) in [5.74, 6) is 0. The number of nitrogens with zero attached hydrogens (tertiary/aromatic N) is 1. The predicted molar refractivity (Wildman–Crippen MR) is 77.2 cm³/mol. The summed E-state index contributed by atoms with van der Waals surface area (Å²) < 4.78 is 7.15. The minimum Gasteiger partial charge on any atom is -0.392 e. The highest BCUT2D eigenvalue weighted by Crippen LogP contribution is 2.20. The highest BCUT2D eigenvalue weighted by Gasteiger charge is 2.07. The van der Waals surface area contributed by atoms with Crippen LogP contribution < -0.4 is 5.32 Å². The quantitative estimate of drug-likeness (QED) is 0.747. The van der Waals surface area contributed by atoms with Gasteiger partial charge in [0.15, 0.2) is 0 Å². The van der Waals surface area contributed by atoms with Gasteiger partial charge in [0.2, 0.25) is 0 Å². The molecule has 0 amide bonds. The van der Waals surface area contributed by atoms with Gasteiger partial charge in [-0.2, -0.15) is 0 Å². The number of aliphatic hydroxyl groups excluding tert-OH is 1. The van der Waals surface area contributed by atoms with Crippen molar-refractivity contribution in [2.45, 2.75) is 26.1 Å². The third-order valence-corrected chi connectivity index (χ3v) is 3.13. The fourth-order valence-electron chi connectivity index (χ4n) is 2.32. The van der Waals surface area contributed by atoms with E-state index in [1.807, 2.05) is 13.1 Å². The van der Waals surface area contributed by atoms with Crippen LogP contribution in [-0.4, -0.2) is 36.0 Å². The minimum atomic E-state index is -0.342. The SMILES string of the molecule is COCCNCc1cccc2ccn(CC(C)O)c12. The van der Waals surface area contributed by atoms with Crippen LogP contribution in [0.5, 0.6) is 0 Å². The van der Waals surface area contributed by atoms with E-state index in [4.69, 9.17) is 4.74 Å². The van der Waals surface area contributed by atoms with Crippen molar-refractivity contribution in [2.24, 2.45) is 0 Å². The van der Waals surface area contributed by atoms with Gasteiger partial charge in [0.05, 0.1) is 18.2 Å². The lowest BCUT2D eigenvalue weighted by Gasteiger charge is -2.12. The van der Waals surface area contributed by atoms with E-state index in [0.717, 1.165) is 13.1 Å². The number of hydrogen-bond acceptors (Lipinski definition) is 3. The Kier molecular flexibility index (Phi) is 4.96. The molecule has 0 fully saturated rings. The molecule has 2 N–H and O–H groups in total. The number of nitrogens with one attached hydrogen (secondary N) is 1. The predicted octanol–water partition coefficient (Wildman–Crippen LogP) is 1.76. The highest BCUT2D eigenvalue weighted by atomic mass is 16.5. The summed E-state index contributed by atoms with van der Waals surface area (Å²) in [4.78, 5) is 0. The van der Waals surface area contributed by atoms with Crippen LogP contribution in [0.2, 0.25) is 0 Å². The van der Waals surface area contributed by atoms with Crippen LogP contribution in [0.3, 0.4) is 0 Å². The van der Waals surface area contributed by atoms with Gasteiger partial charge in [0, 0.05) is 32.9 Å². The molecule has 2 aromatic rings. The average Bonchev–Trinajstić information content (AvgIpc) is 2.78. The first kappa shape index (κ1) is 14.1. The fraction of sp³-hybridized carbons (Fsp3) is 0.467. The molecule has 1 aromatic carbocycles. The molecule has 0 saturated carbocycles. The van der Waals surface area contributed by atoms with Crippen molar-refractivity contribution in [1.82, 2.24) is 9.88 Å². The standard InChI is InChI=1S/C15H22N2O2/c1-12(18)11-17-8-6-13-4-3-5-14(15(13)17)10-16-7-9-19-2/h3-6,8,12,16,18H,7,9-11H2,1-2H3. The van der Waals surface area contributed by atoms with Crippen molar-refractivity contribution >= 4 is 10.9 Å². The van der Waals surface area contributed by atoms with E-state index in [1.165, 1.54) is 16.5 Å². The lowest BCUT2D eigenvalue weighted by molar-refractivity contribution is 0.175. The molecular weight excluding hydrogens is 240 g/mol. The normalized spacial score (nSPS) is 13.0. The number of aromatic nitrogens is 1. The van der Waals surface area contributed by atoms with Crippen molar-refractivity contribution in [1.29, 1.82) is 0 Å². The van der Waals surface area contributed by atoms with Crippen LogP contribution in [0.15, 0.2) is 30.5 Å². The minimum absolute atomic E-state index is 0.342. The molecule has 19 heavy (non-hydrogen) atoms. The second-order valence-corrected chi connectivity index (χ2v) is 4.84. The Morgan fingerprint density at radius 2 is 2.21 bits per heavy atom. The number of benzene rings is 1. The topological polar surface area (TPSA) is 46.4 Å².